The van der Waals surface area contributed by atoms with Crippen LogP contribution in [0.1, 0.15) is 27.2 Å². The first-order chi connectivity index (χ1) is 21.3. The summed E-state index contributed by atoms with van der Waals surface area (Å²) < 4.78 is 84.4. The molecule has 244 valence electrons. The van der Waals surface area contributed by atoms with Crippen molar-refractivity contribution in [2.75, 3.05) is 32.9 Å². The maximum Gasteiger partial charge on any atom is 0.427 e. The molecule has 0 aromatic carbocycles. The van der Waals surface area contributed by atoms with Gasteiger partial charge in [-0.2, -0.15) is 22.0 Å². The summed E-state index contributed by atoms with van der Waals surface area (Å²) in [4.78, 5) is 23.0. The molecule has 14 heteroatoms. The number of halogens is 6. The van der Waals surface area contributed by atoms with Crippen LogP contribution < -0.4 is 10.6 Å². The minimum atomic E-state index is -4.49. The summed E-state index contributed by atoms with van der Waals surface area (Å²) in [6.45, 7) is 4.41. The van der Waals surface area contributed by atoms with E-state index < -0.39 is 30.6 Å². The van der Waals surface area contributed by atoms with Crippen molar-refractivity contribution in [2.24, 2.45) is 4.99 Å². The SMILES string of the molecule is C\C=C/C=C(\C=C(/C)N1CCN(C(=O)C(C)NC2=C(C3=CCC=C(OC(F)(F)CF)C=C3)NC3C=NC=CN23)CC1)C(F)(F)F. The molecule has 0 radical (unpaired) electrons. The topological polar surface area (TPSA) is 72.4 Å². The number of aliphatic imine (C=N–C) groups is 1. The van der Waals surface area contributed by atoms with Crippen LogP contribution in [0, 0.1) is 0 Å². The summed E-state index contributed by atoms with van der Waals surface area (Å²) in [5.74, 6) is 0.191. The third kappa shape index (κ3) is 8.43. The van der Waals surface area contributed by atoms with Gasteiger partial charge in [0.15, 0.2) is 6.67 Å². The van der Waals surface area contributed by atoms with Crippen molar-refractivity contribution in [3.8, 4) is 0 Å². The van der Waals surface area contributed by atoms with Crippen molar-refractivity contribution in [1.82, 2.24) is 25.3 Å². The smallest absolute Gasteiger partial charge is 0.427 e. The minimum Gasteiger partial charge on any atom is -0.431 e. The number of carbonyl (C=O) groups is 1. The number of nitrogens with zero attached hydrogens (tertiary/aromatic N) is 4. The predicted molar refractivity (Wildman–Crippen MR) is 159 cm³/mol. The highest BCUT2D eigenvalue weighted by Gasteiger charge is 2.36. The van der Waals surface area contributed by atoms with E-state index in [0.717, 1.165) is 12.2 Å². The highest BCUT2D eigenvalue weighted by molar-refractivity contribution is 5.82. The van der Waals surface area contributed by atoms with E-state index in [1.165, 1.54) is 24.3 Å². The van der Waals surface area contributed by atoms with Crippen LogP contribution in [0.2, 0.25) is 0 Å². The van der Waals surface area contributed by atoms with Crippen LogP contribution in [0.4, 0.5) is 26.3 Å². The molecule has 3 heterocycles. The van der Waals surface area contributed by atoms with Crippen LogP contribution in [0.3, 0.4) is 0 Å². The number of allylic oxidation sites excluding steroid dienone is 10. The summed E-state index contributed by atoms with van der Waals surface area (Å²) in [5.41, 5.74) is 0.927. The number of fused-ring (bicyclic) bond motifs is 1. The van der Waals surface area contributed by atoms with Crippen LogP contribution in [-0.4, -0.2) is 84.2 Å². The Kier molecular flexibility index (Phi) is 10.6. The normalized spacial score (nSPS) is 21.9. The standard InChI is InChI=1S/C31H36F6N6O2/c1-4-5-8-24(31(35,36)37)18-21(2)41-14-16-42(17-15-41)29(44)22(3)39-28-27(40-26-19-38-12-13-43(26)28)23-7-6-9-25(11-10-23)45-30(33,34)20-32/h4-5,7-13,18-19,22,26,39-40H,6,14-17,20H2,1-3H3/b5-4-,21-18+,24-8+. The van der Waals surface area contributed by atoms with Gasteiger partial charge in [0.1, 0.15) is 23.8 Å². The lowest BCUT2D eigenvalue weighted by atomic mass is 10.1. The Morgan fingerprint density at radius 3 is 2.53 bits per heavy atom. The number of hydrogen-bond donors (Lipinski definition) is 2. The van der Waals surface area contributed by atoms with Gasteiger partial charge >= 0.3 is 12.3 Å². The van der Waals surface area contributed by atoms with E-state index in [1.807, 2.05) is 9.80 Å². The predicted octanol–water partition coefficient (Wildman–Crippen LogP) is 5.38. The van der Waals surface area contributed by atoms with Crippen LogP contribution in [0.5, 0.6) is 0 Å². The molecule has 4 rings (SSSR count). The molecule has 1 aliphatic carbocycles. The first-order valence-electron chi connectivity index (χ1n) is 14.4. The monoisotopic (exact) mass is 638 g/mol. The van der Waals surface area contributed by atoms with Gasteiger partial charge in [0.05, 0.1) is 11.3 Å². The first-order valence-corrected chi connectivity index (χ1v) is 14.4. The molecule has 45 heavy (non-hydrogen) atoms. The molecule has 0 aromatic rings. The average Bonchev–Trinajstić information content (AvgIpc) is 3.21. The van der Waals surface area contributed by atoms with Gasteiger partial charge in [-0.3, -0.25) is 9.79 Å². The molecule has 2 atom stereocenters. The Morgan fingerprint density at radius 1 is 1.16 bits per heavy atom. The third-order valence-electron chi connectivity index (χ3n) is 7.40. The number of alkyl halides is 6. The van der Waals surface area contributed by atoms with Crippen molar-refractivity contribution in [3.05, 3.63) is 95.1 Å². The summed E-state index contributed by atoms with van der Waals surface area (Å²) in [7, 11) is 0. The lowest BCUT2D eigenvalue weighted by Crippen LogP contribution is -2.53. The molecule has 1 saturated heterocycles. The summed E-state index contributed by atoms with van der Waals surface area (Å²) >= 11 is 0. The molecule has 2 unspecified atom stereocenters. The fourth-order valence-electron chi connectivity index (χ4n) is 5.07. The van der Waals surface area contributed by atoms with Crippen LogP contribution >= 0.6 is 0 Å². The highest BCUT2D eigenvalue weighted by atomic mass is 19.4. The lowest BCUT2D eigenvalue weighted by molar-refractivity contribution is -0.219. The van der Waals surface area contributed by atoms with Gasteiger partial charge in [0, 0.05) is 50.5 Å². The van der Waals surface area contributed by atoms with Crippen LogP contribution in [0.15, 0.2) is 100 Å². The zero-order valence-corrected chi connectivity index (χ0v) is 25.1. The van der Waals surface area contributed by atoms with Crippen molar-refractivity contribution >= 4 is 12.1 Å². The minimum absolute atomic E-state index is 0.174. The molecular weight excluding hydrogens is 602 g/mol. The zero-order valence-electron chi connectivity index (χ0n) is 25.1. The van der Waals surface area contributed by atoms with E-state index in [4.69, 9.17) is 0 Å². The van der Waals surface area contributed by atoms with Crippen LogP contribution in [-0.2, 0) is 9.53 Å². The Labute approximate surface area is 258 Å². The maximum atomic E-state index is 13.5. The molecule has 4 aliphatic rings. The van der Waals surface area contributed by atoms with Gasteiger partial charge in [-0.15, -0.1) is 0 Å². The number of nitrogens with one attached hydrogen (secondary N) is 2. The van der Waals surface area contributed by atoms with Gasteiger partial charge in [0.25, 0.3) is 0 Å². The number of amides is 1. The van der Waals surface area contributed by atoms with E-state index in [9.17, 15) is 31.1 Å². The lowest BCUT2D eigenvalue weighted by Gasteiger charge is -2.38. The molecule has 8 nitrogen and oxygen atoms in total. The average molecular weight is 639 g/mol. The van der Waals surface area contributed by atoms with E-state index in [-0.39, 0.29) is 24.3 Å². The number of ether oxygens (including phenoxy) is 1. The number of rotatable bonds is 10. The molecule has 0 spiro atoms. The molecule has 0 aromatic heterocycles. The Balaban J connectivity index is 1.45. The van der Waals surface area contributed by atoms with Gasteiger partial charge in [-0.05, 0) is 57.1 Å². The Bertz CT molecular complexity index is 1400. The maximum absolute atomic E-state index is 13.5. The van der Waals surface area contributed by atoms with E-state index >= 15 is 0 Å². The Hall–Kier alpha value is -4.36. The van der Waals surface area contributed by atoms with Gasteiger partial charge in [-0.25, -0.2) is 4.39 Å². The molecule has 1 fully saturated rings. The van der Waals surface area contributed by atoms with E-state index in [1.54, 1.807) is 56.4 Å². The number of carbonyl (C=O) groups excluding carboxylic acids is 1. The second-order valence-electron chi connectivity index (χ2n) is 10.6. The molecular formula is C31H36F6N6O2. The summed E-state index contributed by atoms with van der Waals surface area (Å²) in [6.07, 6.45) is 7.52. The fraction of sp³-hybridized carbons (Fsp3) is 0.419. The van der Waals surface area contributed by atoms with Gasteiger partial charge in [0.2, 0.25) is 5.91 Å². The number of hydrogen-bond acceptors (Lipinski definition) is 7. The molecule has 2 N–H and O–H groups in total. The quantitative estimate of drug-likeness (QED) is 0.247. The fourth-order valence-corrected chi connectivity index (χ4v) is 5.07. The largest absolute Gasteiger partial charge is 0.431 e. The molecule has 0 saturated carbocycles. The zero-order chi connectivity index (χ0) is 32.8. The summed E-state index contributed by atoms with van der Waals surface area (Å²) in [5, 5.41) is 6.60. The van der Waals surface area contributed by atoms with Gasteiger partial charge < -0.3 is 30.1 Å². The van der Waals surface area contributed by atoms with E-state index in [2.05, 4.69) is 20.4 Å². The van der Waals surface area contributed by atoms with Gasteiger partial charge in [-0.1, -0.05) is 24.3 Å². The molecule has 0 bridgehead atoms. The molecule has 3 aliphatic heterocycles. The first kappa shape index (κ1) is 33.5. The van der Waals surface area contributed by atoms with Crippen molar-refractivity contribution in [3.63, 3.8) is 0 Å². The number of piperazine rings is 1. The second kappa shape index (κ2) is 14.2. The van der Waals surface area contributed by atoms with Crippen LogP contribution in [0.25, 0.3) is 0 Å². The molecule has 1 amide bonds. The second-order valence-corrected chi connectivity index (χ2v) is 10.6. The third-order valence-corrected chi connectivity index (χ3v) is 7.40. The van der Waals surface area contributed by atoms with Crippen molar-refractivity contribution in [2.45, 2.75) is 51.7 Å². The Morgan fingerprint density at radius 2 is 1.87 bits per heavy atom. The van der Waals surface area contributed by atoms with E-state index in [0.29, 0.717) is 49.0 Å². The summed E-state index contributed by atoms with van der Waals surface area (Å²) in [6, 6.07) is -0.692. The van der Waals surface area contributed by atoms with Crippen molar-refractivity contribution < 1.29 is 35.9 Å². The van der Waals surface area contributed by atoms with Crippen molar-refractivity contribution in [1.29, 1.82) is 0 Å². The highest BCUT2D eigenvalue weighted by Crippen LogP contribution is 2.30.